The molecule has 1 aromatic carbocycles. The molecule has 0 aliphatic carbocycles. The molecule has 1 atom stereocenters. The number of ether oxygens (including phenoxy) is 1. The molecule has 0 saturated carbocycles. The highest BCUT2D eigenvalue weighted by atomic mass is 35.5. The van der Waals surface area contributed by atoms with Gasteiger partial charge in [-0.2, -0.15) is 0 Å². The van der Waals surface area contributed by atoms with Gasteiger partial charge < -0.3 is 4.74 Å². The van der Waals surface area contributed by atoms with E-state index in [4.69, 9.17) is 16.3 Å². The molecule has 0 spiro atoms. The van der Waals surface area contributed by atoms with Crippen molar-refractivity contribution >= 4 is 21.6 Å². The zero-order valence-corrected chi connectivity index (χ0v) is 12.3. The molecule has 1 rings (SSSR count). The Hall–Kier alpha value is -0.620. The molecule has 0 saturated heterocycles. The van der Waals surface area contributed by atoms with Crippen molar-refractivity contribution in [2.45, 2.75) is 25.2 Å². The topological polar surface area (TPSA) is 55.4 Å². The summed E-state index contributed by atoms with van der Waals surface area (Å²) in [5.74, 6) is 0. The van der Waals surface area contributed by atoms with E-state index in [1.165, 1.54) is 7.11 Å². The van der Waals surface area contributed by atoms with Gasteiger partial charge in [0.1, 0.15) is 0 Å². The molecular formula is C12H18ClNO3S. The molecule has 0 amide bonds. The highest BCUT2D eigenvalue weighted by Gasteiger charge is 2.20. The van der Waals surface area contributed by atoms with Crippen LogP contribution in [0.1, 0.15) is 25.5 Å². The fourth-order valence-corrected chi connectivity index (χ4v) is 2.39. The lowest BCUT2D eigenvalue weighted by atomic mass is 10.1. The van der Waals surface area contributed by atoms with E-state index in [2.05, 4.69) is 4.72 Å². The first kappa shape index (κ1) is 15.4. The standard InChI is InChI=1S/C12H18ClNO3S/c1-9(2)18(15,16)14-8-12(17-3)10-6-4-5-7-11(10)13/h4-7,9,12,14H,8H2,1-3H3. The first-order chi connectivity index (χ1) is 8.38. The minimum atomic E-state index is -3.30. The van der Waals surface area contributed by atoms with Gasteiger partial charge in [-0.05, 0) is 19.9 Å². The first-order valence-electron chi connectivity index (χ1n) is 5.64. The Balaban J connectivity index is 2.79. The molecule has 1 unspecified atom stereocenters. The van der Waals surface area contributed by atoms with Crippen molar-refractivity contribution in [2.75, 3.05) is 13.7 Å². The third-order valence-corrected chi connectivity index (χ3v) is 4.78. The number of rotatable bonds is 6. The summed E-state index contributed by atoms with van der Waals surface area (Å²) >= 11 is 6.05. The Kier molecular flexibility index (Phi) is 5.59. The Morgan fingerprint density at radius 3 is 2.44 bits per heavy atom. The van der Waals surface area contributed by atoms with E-state index >= 15 is 0 Å². The zero-order valence-electron chi connectivity index (χ0n) is 10.7. The summed E-state index contributed by atoms with van der Waals surface area (Å²) in [6, 6.07) is 7.22. The molecule has 0 radical (unpaired) electrons. The molecular weight excluding hydrogens is 274 g/mol. The predicted molar refractivity (Wildman–Crippen MR) is 73.3 cm³/mol. The summed E-state index contributed by atoms with van der Waals surface area (Å²) in [4.78, 5) is 0. The van der Waals surface area contributed by atoms with Crippen molar-refractivity contribution in [1.82, 2.24) is 4.72 Å². The highest BCUT2D eigenvalue weighted by Crippen LogP contribution is 2.24. The third kappa shape index (κ3) is 3.95. The van der Waals surface area contributed by atoms with E-state index in [0.717, 1.165) is 5.56 Å². The summed E-state index contributed by atoms with van der Waals surface area (Å²) in [6.45, 7) is 3.42. The Morgan fingerprint density at radius 1 is 1.33 bits per heavy atom. The SMILES string of the molecule is COC(CNS(=O)(=O)C(C)C)c1ccccc1Cl. The molecule has 1 aromatic rings. The number of hydrogen-bond acceptors (Lipinski definition) is 3. The van der Waals surface area contributed by atoms with Crippen LogP contribution in [0.3, 0.4) is 0 Å². The Morgan fingerprint density at radius 2 is 1.94 bits per heavy atom. The largest absolute Gasteiger partial charge is 0.375 e. The van der Waals surface area contributed by atoms with Gasteiger partial charge in [0.2, 0.25) is 10.0 Å². The van der Waals surface area contributed by atoms with Crippen LogP contribution >= 0.6 is 11.6 Å². The van der Waals surface area contributed by atoms with E-state index in [0.29, 0.717) is 5.02 Å². The van der Waals surface area contributed by atoms with Crippen LogP contribution in [0.5, 0.6) is 0 Å². The second kappa shape index (κ2) is 6.52. The lowest BCUT2D eigenvalue weighted by molar-refractivity contribution is 0.107. The molecule has 0 bridgehead atoms. The normalized spacial score (nSPS) is 13.8. The molecule has 1 N–H and O–H groups in total. The van der Waals surface area contributed by atoms with Gasteiger partial charge in [0, 0.05) is 24.2 Å². The number of methoxy groups -OCH3 is 1. The minimum absolute atomic E-state index is 0.167. The van der Waals surface area contributed by atoms with Gasteiger partial charge in [0.15, 0.2) is 0 Å². The summed E-state index contributed by atoms with van der Waals surface area (Å²) in [5, 5.41) is 0.0920. The summed E-state index contributed by atoms with van der Waals surface area (Å²) in [7, 11) is -1.77. The van der Waals surface area contributed by atoms with Gasteiger partial charge in [-0.1, -0.05) is 29.8 Å². The van der Waals surface area contributed by atoms with E-state index in [1.54, 1.807) is 19.9 Å². The van der Waals surface area contributed by atoms with Gasteiger partial charge in [-0.25, -0.2) is 13.1 Å². The van der Waals surface area contributed by atoms with Crippen LogP contribution in [-0.4, -0.2) is 27.3 Å². The number of hydrogen-bond donors (Lipinski definition) is 1. The van der Waals surface area contributed by atoms with Gasteiger partial charge in [-0.15, -0.1) is 0 Å². The van der Waals surface area contributed by atoms with Gasteiger partial charge >= 0.3 is 0 Å². The van der Waals surface area contributed by atoms with Crippen LogP contribution in [0.4, 0.5) is 0 Å². The molecule has 4 nitrogen and oxygen atoms in total. The van der Waals surface area contributed by atoms with Crippen molar-refractivity contribution in [1.29, 1.82) is 0 Å². The number of benzene rings is 1. The second-order valence-electron chi connectivity index (χ2n) is 4.19. The second-order valence-corrected chi connectivity index (χ2v) is 6.92. The fourth-order valence-electron chi connectivity index (χ4n) is 1.41. The molecule has 18 heavy (non-hydrogen) atoms. The Bertz CT molecular complexity index is 488. The van der Waals surface area contributed by atoms with Crippen LogP contribution in [0.2, 0.25) is 5.02 Å². The van der Waals surface area contributed by atoms with E-state index < -0.39 is 21.4 Å². The smallest absolute Gasteiger partial charge is 0.214 e. The van der Waals surface area contributed by atoms with Crippen LogP contribution in [0.15, 0.2) is 24.3 Å². The van der Waals surface area contributed by atoms with Crippen LogP contribution in [0.25, 0.3) is 0 Å². The number of sulfonamides is 1. The van der Waals surface area contributed by atoms with E-state index in [9.17, 15) is 8.42 Å². The molecule has 0 heterocycles. The molecule has 0 aliphatic heterocycles. The average molecular weight is 292 g/mol. The Labute approximate surface area is 113 Å². The molecule has 0 fully saturated rings. The monoisotopic (exact) mass is 291 g/mol. The first-order valence-corrected chi connectivity index (χ1v) is 7.56. The van der Waals surface area contributed by atoms with Gasteiger partial charge in [0.25, 0.3) is 0 Å². The van der Waals surface area contributed by atoms with Crippen molar-refractivity contribution in [3.05, 3.63) is 34.9 Å². The third-order valence-electron chi connectivity index (χ3n) is 2.63. The highest BCUT2D eigenvalue weighted by molar-refractivity contribution is 7.90. The maximum Gasteiger partial charge on any atom is 0.214 e. The number of halogens is 1. The summed E-state index contributed by atoms with van der Waals surface area (Å²) in [5.41, 5.74) is 0.771. The van der Waals surface area contributed by atoms with Crippen LogP contribution in [0, 0.1) is 0 Å². The summed E-state index contributed by atoms with van der Waals surface area (Å²) in [6.07, 6.45) is -0.396. The predicted octanol–water partition coefficient (Wildman–Crippen LogP) is 2.36. The van der Waals surface area contributed by atoms with Crippen LogP contribution in [-0.2, 0) is 14.8 Å². The molecule has 102 valence electrons. The van der Waals surface area contributed by atoms with Crippen molar-refractivity contribution in [3.63, 3.8) is 0 Å². The zero-order chi connectivity index (χ0) is 13.8. The lowest BCUT2D eigenvalue weighted by Gasteiger charge is -2.18. The van der Waals surface area contributed by atoms with Crippen molar-refractivity contribution in [2.24, 2.45) is 0 Å². The van der Waals surface area contributed by atoms with E-state index in [1.807, 2.05) is 18.2 Å². The van der Waals surface area contributed by atoms with E-state index in [-0.39, 0.29) is 6.54 Å². The molecule has 6 heteroatoms. The maximum atomic E-state index is 11.7. The lowest BCUT2D eigenvalue weighted by Crippen LogP contribution is -2.34. The average Bonchev–Trinajstić information content (AvgIpc) is 2.31. The fraction of sp³-hybridized carbons (Fsp3) is 0.500. The molecule has 0 aromatic heterocycles. The minimum Gasteiger partial charge on any atom is -0.375 e. The van der Waals surface area contributed by atoms with Gasteiger partial charge in [-0.3, -0.25) is 0 Å². The van der Waals surface area contributed by atoms with Crippen molar-refractivity contribution < 1.29 is 13.2 Å². The van der Waals surface area contributed by atoms with Crippen LogP contribution < -0.4 is 4.72 Å². The summed E-state index contributed by atoms with van der Waals surface area (Å²) < 4.78 is 31.1. The quantitative estimate of drug-likeness (QED) is 0.875. The van der Waals surface area contributed by atoms with Gasteiger partial charge in [0.05, 0.1) is 11.4 Å². The number of nitrogens with one attached hydrogen (secondary N) is 1. The molecule has 0 aliphatic rings. The van der Waals surface area contributed by atoms with Crippen molar-refractivity contribution in [3.8, 4) is 0 Å². The maximum absolute atomic E-state index is 11.7.